The van der Waals surface area contributed by atoms with Gasteiger partial charge < -0.3 is 9.13 Å². The number of aromatic nitrogens is 2. The van der Waals surface area contributed by atoms with Gasteiger partial charge in [0.25, 0.3) is 10.1 Å². The number of nitrogens with zero attached hydrogens (tertiary/aromatic N) is 2. The van der Waals surface area contributed by atoms with Crippen LogP contribution < -0.4 is 16.2 Å². The summed E-state index contributed by atoms with van der Waals surface area (Å²) in [5.74, 6) is 0. The van der Waals surface area contributed by atoms with Gasteiger partial charge in [0.1, 0.15) is 4.90 Å². The molecule has 2 aromatic heterocycles. The molecular weight excluding hydrogens is 331 g/mol. The standard InChI is InChI=1S/C16H17N2O3PS/c1-17-11-5-9-15(17)22(16-10-6-12-18(16)2)13-7-3-4-8-14(13)23(19,20)21/h3-12H,1-2H3,(H,19,20,21). The molecule has 0 bridgehead atoms. The Labute approximate surface area is 136 Å². The molecule has 1 N–H and O–H groups in total. The molecule has 0 aliphatic rings. The van der Waals surface area contributed by atoms with Crippen LogP contribution in [0.15, 0.2) is 65.8 Å². The molecular formula is C16H17N2O3PS. The highest BCUT2D eigenvalue weighted by Gasteiger charge is 2.27. The van der Waals surface area contributed by atoms with E-state index < -0.39 is 18.0 Å². The van der Waals surface area contributed by atoms with Gasteiger partial charge in [-0.25, -0.2) is 0 Å². The Kier molecular flexibility index (Phi) is 4.15. The zero-order valence-electron chi connectivity index (χ0n) is 12.8. The van der Waals surface area contributed by atoms with E-state index in [9.17, 15) is 13.0 Å². The molecule has 0 aliphatic heterocycles. The molecule has 3 aromatic rings. The zero-order chi connectivity index (χ0) is 16.6. The Hall–Kier alpha value is -1.88. The van der Waals surface area contributed by atoms with Gasteiger partial charge in [0, 0.05) is 39.7 Å². The first-order valence-electron chi connectivity index (χ1n) is 6.99. The van der Waals surface area contributed by atoms with E-state index in [0.29, 0.717) is 5.30 Å². The number of aryl methyl sites for hydroxylation is 2. The van der Waals surface area contributed by atoms with Crippen LogP contribution in [0.4, 0.5) is 0 Å². The third-order valence-corrected chi connectivity index (χ3v) is 7.46. The van der Waals surface area contributed by atoms with Gasteiger partial charge in [-0.15, -0.1) is 0 Å². The van der Waals surface area contributed by atoms with Crippen LogP contribution in [-0.2, 0) is 24.2 Å². The number of rotatable bonds is 4. The first kappa shape index (κ1) is 16.0. The van der Waals surface area contributed by atoms with Gasteiger partial charge in [-0.2, -0.15) is 8.42 Å². The summed E-state index contributed by atoms with van der Waals surface area (Å²) in [5.41, 5.74) is 2.02. The molecule has 0 saturated carbocycles. The Morgan fingerprint density at radius 2 is 1.39 bits per heavy atom. The average molecular weight is 348 g/mol. The van der Waals surface area contributed by atoms with E-state index in [1.165, 1.54) is 6.07 Å². The van der Waals surface area contributed by atoms with Crippen LogP contribution in [0.25, 0.3) is 0 Å². The molecule has 23 heavy (non-hydrogen) atoms. The van der Waals surface area contributed by atoms with Crippen LogP contribution in [-0.4, -0.2) is 22.1 Å². The largest absolute Gasteiger partial charge is 0.350 e. The monoisotopic (exact) mass is 348 g/mol. The highest BCUT2D eigenvalue weighted by atomic mass is 32.2. The second kappa shape index (κ2) is 5.96. The Balaban J connectivity index is 2.31. The highest BCUT2D eigenvalue weighted by Crippen LogP contribution is 2.35. The molecule has 5 nitrogen and oxygen atoms in total. The predicted molar refractivity (Wildman–Crippen MR) is 92.9 cm³/mol. The van der Waals surface area contributed by atoms with Crippen LogP contribution in [0.3, 0.4) is 0 Å². The van der Waals surface area contributed by atoms with Crippen LogP contribution >= 0.6 is 7.92 Å². The van der Waals surface area contributed by atoms with Crippen molar-refractivity contribution in [3.05, 3.63) is 60.9 Å². The maximum Gasteiger partial charge on any atom is 0.295 e. The van der Waals surface area contributed by atoms with Gasteiger partial charge in [-0.3, -0.25) is 4.55 Å². The molecule has 0 saturated heterocycles. The second-order valence-corrected chi connectivity index (χ2v) is 8.69. The van der Waals surface area contributed by atoms with Gasteiger partial charge in [0.15, 0.2) is 0 Å². The minimum atomic E-state index is -4.29. The van der Waals surface area contributed by atoms with E-state index in [2.05, 4.69) is 0 Å². The summed E-state index contributed by atoms with van der Waals surface area (Å²) in [5, 5.41) is 0.619. The average Bonchev–Trinajstić information content (AvgIpc) is 3.09. The molecule has 0 atom stereocenters. The van der Waals surface area contributed by atoms with Crippen LogP contribution in [0.1, 0.15) is 0 Å². The first-order chi connectivity index (χ1) is 10.9. The van der Waals surface area contributed by atoms with Gasteiger partial charge >= 0.3 is 0 Å². The molecule has 7 heteroatoms. The summed E-state index contributed by atoms with van der Waals surface area (Å²) < 4.78 is 37.2. The van der Waals surface area contributed by atoms with Gasteiger partial charge in [-0.1, -0.05) is 18.2 Å². The fraction of sp³-hybridized carbons (Fsp3) is 0.125. The summed E-state index contributed by atoms with van der Waals surface area (Å²) in [6.07, 6.45) is 3.87. The fourth-order valence-electron chi connectivity index (χ4n) is 2.59. The van der Waals surface area contributed by atoms with Gasteiger partial charge in [0.2, 0.25) is 0 Å². The molecule has 0 unspecified atom stereocenters. The zero-order valence-corrected chi connectivity index (χ0v) is 14.5. The van der Waals surface area contributed by atoms with E-state index in [-0.39, 0.29) is 4.90 Å². The molecule has 3 rings (SSSR count). The van der Waals surface area contributed by atoms with Crippen molar-refractivity contribution in [2.75, 3.05) is 0 Å². The van der Waals surface area contributed by atoms with E-state index in [1.54, 1.807) is 18.2 Å². The summed E-state index contributed by atoms with van der Waals surface area (Å²) in [6.45, 7) is 0. The topological polar surface area (TPSA) is 64.2 Å². The van der Waals surface area contributed by atoms with E-state index in [1.807, 2.05) is 59.9 Å². The lowest BCUT2D eigenvalue weighted by Gasteiger charge is -2.22. The lowest BCUT2D eigenvalue weighted by molar-refractivity contribution is 0.484. The smallest absolute Gasteiger partial charge is 0.295 e. The molecule has 0 spiro atoms. The van der Waals surface area contributed by atoms with Crippen molar-refractivity contribution in [3.63, 3.8) is 0 Å². The van der Waals surface area contributed by atoms with Crippen LogP contribution in [0.2, 0.25) is 0 Å². The Bertz CT molecular complexity index is 903. The van der Waals surface area contributed by atoms with Crippen LogP contribution in [0, 0.1) is 0 Å². The fourth-order valence-corrected chi connectivity index (χ4v) is 6.29. The van der Waals surface area contributed by atoms with Crippen molar-refractivity contribution < 1.29 is 13.0 Å². The number of hydrogen-bond acceptors (Lipinski definition) is 2. The third kappa shape index (κ3) is 2.98. The van der Waals surface area contributed by atoms with E-state index in [4.69, 9.17) is 0 Å². The molecule has 120 valence electrons. The summed E-state index contributed by atoms with van der Waals surface area (Å²) >= 11 is 0. The van der Waals surface area contributed by atoms with Gasteiger partial charge in [0.05, 0.1) is 10.9 Å². The van der Waals surface area contributed by atoms with Crippen molar-refractivity contribution in [1.82, 2.24) is 9.13 Å². The van der Waals surface area contributed by atoms with Crippen molar-refractivity contribution in [3.8, 4) is 0 Å². The molecule has 0 aliphatic carbocycles. The lowest BCUT2D eigenvalue weighted by Crippen LogP contribution is -2.30. The minimum Gasteiger partial charge on any atom is -0.350 e. The lowest BCUT2D eigenvalue weighted by atomic mass is 10.4. The Morgan fingerprint density at radius 3 is 1.83 bits per heavy atom. The van der Waals surface area contributed by atoms with Crippen molar-refractivity contribution in [1.29, 1.82) is 0 Å². The van der Waals surface area contributed by atoms with Gasteiger partial charge in [-0.05, 0) is 30.3 Å². The van der Waals surface area contributed by atoms with E-state index >= 15 is 0 Å². The second-order valence-electron chi connectivity index (χ2n) is 5.23. The maximum atomic E-state index is 11.8. The normalized spacial score (nSPS) is 12.0. The minimum absolute atomic E-state index is 0.0338. The molecule has 1 aromatic carbocycles. The van der Waals surface area contributed by atoms with Crippen molar-refractivity contribution in [2.45, 2.75) is 4.90 Å². The quantitative estimate of drug-likeness (QED) is 0.572. The maximum absolute atomic E-state index is 11.8. The molecule has 2 heterocycles. The van der Waals surface area contributed by atoms with E-state index in [0.717, 1.165) is 10.9 Å². The summed E-state index contributed by atoms with van der Waals surface area (Å²) in [6, 6.07) is 14.5. The predicted octanol–water partition coefficient (Wildman–Crippen LogP) is 1.37. The van der Waals surface area contributed by atoms with Crippen molar-refractivity contribution >= 4 is 34.2 Å². The van der Waals surface area contributed by atoms with Crippen molar-refractivity contribution in [2.24, 2.45) is 14.1 Å². The molecule has 0 amide bonds. The third-order valence-electron chi connectivity index (χ3n) is 3.67. The number of hydrogen-bond donors (Lipinski definition) is 1. The SMILES string of the molecule is Cn1cccc1P(c1ccccc1S(=O)(=O)O)c1cccn1C. The molecule has 0 fully saturated rings. The Morgan fingerprint density at radius 1 is 0.870 bits per heavy atom. The summed E-state index contributed by atoms with van der Waals surface area (Å²) in [7, 11) is -1.53. The first-order valence-corrected chi connectivity index (χ1v) is 9.77. The molecule has 0 radical (unpaired) electrons. The highest BCUT2D eigenvalue weighted by molar-refractivity contribution is 7.88. The van der Waals surface area contributed by atoms with Crippen LogP contribution in [0.5, 0.6) is 0 Å². The number of benzene rings is 1. The summed E-state index contributed by atoms with van der Waals surface area (Å²) in [4.78, 5) is -0.0338.